The van der Waals surface area contributed by atoms with E-state index in [0.717, 1.165) is 0 Å². The molecular formula is C9H12O3. The second kappa shape index (κ2) is 3.95. The van der Waals surface area contributed by atoms with Gasteiger partial charge in [0.25, 0.3) is 0 Å². The molecule has 66 valence electrons. The molecule has 12 heavy (non-hydrogen) atoms. The van der Waals surface area contributed by atoms with Crippen molar-refractivity contribution in [3.8, 4) is 0 Å². The van der Waals surface area contributed by atoms with Crippen molar-refractivity contribution in [3.63, 3.8) is 0 Å². The Hall–Kier alpha value is -1.25. The highest BCUT2D eigenvalue weighted by Gasteiger charge is 2.15. The van der Waals surface area contributed by atoms with Gasteiger partial charge in [-0.1, -0.05) is 0 Å². The monoisotopic (exact) mass is 168 g/mol. The molecule has 1 aliphatic rings. The summed E-state index contributed by atoms with van der Waals surface area (Å²) in [5.74, 6) is 0.357. The predicted octanol–water partition coefficient (Wildman–Crippen LogP) is 1.76. The normalized spacial score (nSPS) is 15.8. The van der Waals surface area contributed by atoms with Crippen LogP contribution < -0.4 is 0 Å². The summed E-state index contributed by atoms with van der Waals surface area (Å²) in [6.07, 6.45) is 3.97. The molecule has 0 saturated carbocycles. The SMILES string of the molecule is CCOC(=O)C1=C(C)OC=CC1. The number of carbonyl (C=O) groups excluding carboxylic acids is 1. The number of rotatable bonds is 2. The average molecular weight is 168 g/mol. The van der Waals surface area contributed by atoms with Gasteiger partial charge in [-0.15, -0.1) is 0 Å². The first-order valence-electron chi connectivity index (χ1n) is 3.94. The summed E-state index contributed by atoms with van der Waals surface area (Å²) in [5, 5.41) is 0. The quantitative estimate of drug-likeness (QED) is 0.589. The first-order chi connectivity index (χ1) is 5.75. The van der Waals surface area contributed by atoms with Crippen LogP contribution in [0.1, 0.15) is 20.3 Å². The van der Waals surface area contributed by atoms with Gasteiger partial charge < -0.3 is 9.47 Å². The summed E-state index contributed by atoms with van der Waals surface area (Å²) in [6, 6.07) is 0. The van der Waals surface area contributed by atoms with Crippen LogP contribution >= 0.6 is 0 Å². The molecule has 0 amide bonds. The van der Waals surface area contributed by atoms with Crippen LogP contribution in [0.15, 0.2) is 23.7 Å². The Kier molecular flexibility index (Phi) is 2.91. The van der Waals surface area contributed by atoms with Gasteiger partial charge in [0.2, 0.25) is 0 Å². The fourth-order valence-electron chi connectivity index (χ4n) is 0.976. The Morgan fingerprint density at radius 2 is 2.50 bits per heavy atom. The molecular weight excluding hydrogens is 156 g/mol. The second-order valence-electron chi connectivity index (χ2n) is 2.45. The van der Waals surface area contributed by atoms with Crippen LogP contribution in [0, 0.1) is 0 Å². The summed E-state index contributed by atoms with van der Waals surface area (Å²) in [4.78, 5) is 11.2. The third-order valence-electron chi connectivity index (χ3n) is 1.61. The van der Waals surface area contributed by atoms with Gasteiger partial charge in [0.05, 0.1) is 18.4 Å². The van der Waals surface area contributed by atoms with E-state index in [9.17, 15) is 4.79 Å². The predicted molar refractivity (Wildman–Crippen MR) is 44.2 cm³/mol. The molecule has 3 heteroatoms. The maximum atomic E-state index is 11.2. The van der Waals surface area contributed by atoms with Gasteiger partial charge in [-0.25, -0.2) is 4.79 Å². The molecule has 0 fully saturated rings. The molecule has 0 N–H and O–H groups in total. The van der Waals surface area contributed by atoms with E-state index in [2.05, 4.69) is 0 Å². The van der Waals surface area contributed by atoms with Crippen molar-refractivity contribution in [2.75, 3.05) is 6.61 Å². The fraction of sp³-hybridized carbons (Fsp3) is 0.444. The Balaban J connectivity index is 2.66. The van der Waals surface area contributed by atoms with E-state index in [4.69, 9.17) is 9.47 Å². The molecule has 0 unspecified atom stereocenters. The first-order valence-corrected chi connectivity index (χ1v) is 3.94. The zero-order valence-corrected chi connectivity index (χ0v) is 7.29. The number of ether oxygens (including phenoxy) is 2. The summed E-state index contributed by atoms with van der Waals surface area (Å²) in [7, 11) is 0. The van der Waals surface area contributed by atoms with E-state index >= 15 is 0 Å². The molecule has 0 atom stereocenters. The minimum atomic E-state index is -0.278. The first kappa shape index (κ1) is 8.84. The van der Waals surface area contributed by atoms with Gasteiger partial charge in [-0.2, -0.15) is 0 Å². The van der Waals surface area contributed by atoms with E-state index < -0.39 is 0 Å². The molecule has 0 aromatic carbocycles. The number of hydrogen-bond acceptors (Lipinski definition) is 3. The molecule has 0 bridgehead atoms. The number of esters is 1. The van der Waals surface area contributed by atoms with Crippen LogP contribution in [0.4, 0.5) is 0 Å². The highest BCUT2D eigenvalue weighted by Crippen LogP contribution is 2.17. The molecule has 0 radical (unpaired) electrons. The zero-order valence-electron chi connectivity index (χ0n) is 7.29. The maximum Gasteiger partial charge on any atom is 0.337 e. The van der Waals surface area contributed by atoms with Crippen molar-refractivity contribution in [1.82, 2.24) is 0 Å². The molecule has 3 nitrogen and oxygen atoms in total. The molecule has 0 aromatic rings. The zero-order chi connectivity index (χ0) is 8.97. The van der Waals surface area contributed by atoms with Gasteiger partial charge in [0.1, 0.15) is 5.76 Å². The van der Waals surface area contributed by atoms with E-state index in [-0.39, 0.29) is 5.97 Å². The molecule has 0 saturated heterocycles. The van der Waals surface area contributed by atoms with Gasteiger partial charge in [0.15, 0.2) is 0 Å². The van der Waals surface area contributed by atoms with Crippen molar-refractivity contribution >= 4 is 5.97 Å². The Morgan fingerprint density at radius 1 is 1.75 bits per heavy atom. The summed E-state index contributed by atoms with van der Waals surface area (Å²) < 4.78 is 9.90. The highest BCUT2D eigenvalue weighted by atomic mass is 16.5. The standard InChI is InChI=1S/C9H12O3/c1-3-11-9(10)8-5-4-6-12-7(8)2/h4,6H,3,5H2,1-2H3. The number of carbonyl (C=O) groups is 1. The minimum Gasteiger partial charge on any atom is -0.469 e. The van der Waals surface area contributed by atoms with Crippen LogP contribution in [0.2, 0.25) is 0 Å². The third kappa shape index (κ3) is 1.87. The lowest BCUT2D eigenvalue weighted by molar-refractivity contribution is -0.138. The molecule has 1 heterocycles. The fourth-order valence-corrected chi connectivity index (χ4v) is 0.976. The third-order valence-corrected chi connectivity index (χ3v) is 1.61. The van der Waals surface area contributed by atoms with Crippen molar-refractivity contribution in [3.05, 3.63) is 23.7 Å². The molecule has 1 aliphatic heterocycles. The Morgan fingerprint density at radius 3 is 3.08 bits per heavy atom. The van der Waals surface area contributed by atoms with Crippen molar-refractivity contribution in [1.29, 1.82) is 0 Å². The summed E-state index contributed by atoms with van der Waals surface area (Å²) in [6.45, 7) is 3.95. The largest absolute Gasteiger partial charge is 0.469 e. The lowest BCUT2D eigenvalue weighted by atomic mass is 10.1. The van der Waals surface area contributed by atoms with E-state index in [0.29, 0.717) is 24.4 Å². The number of hydrogen-bond donors (Lipinski definition) is 0. The minimum absolute atomic E-state index is 0.278. The van der Waals surface area contributed by atoms with Gasteiger partial charge in [0, 0.05) is 6.42 Å². The van der Waals surface area contributed by atoms with Crippen LogP contribution in [0.5, 0.6) is 0 Å². The van der Waals surface area contributed by atoms with Crippen LogP contribution in [-0.2, 0) is 14.3 Å². The molecule has 0 spiro atoms. The van der Waals surface area contributed by atoms with Gasteiger partial charge in [-0.3, -0.25) is 0 Å². The molecule has 0 aliphatic carbocycles. The average Bonchev–Trinajstić information content (AvgIpc) is 2.05. The van der Waals surface area contributed by atoms with Crippen molar-refractivity contribution in [2.24, 2.45) is 0 Å². The maximum absolute atomic E-state index is 11.2. The van der Waals surface area contributed by atoms with Gasteiger partial charge in [-0.05, 0) is 19.9 Å². The van der Waals surface area contributed by atoms with Crippen molar-refractivity contribution < 1.29 is 14.3 Å². The molecule has 1 rings (SSSR count). The van der Waals surface area contributed by atoms with E-state index in [1.54, 1.807) is 26.2 Å². The van der Waals surface area contributed by atoms with E-state index in [1.807, 2.05) is 0 Å². The highest BCUT2D eigenvalue weighted by molar-refractivity contribution is 5.89. The van der Waals surface area contributed by atoms with E-state index in [1.165, 1.54) is 0 Å². The topological polar surface area (TPSA) is 35.5 Å². The smallest absolute Gasteiger partial charge is 0.337 e. The van der Waals surface area contributed by atoms with Crippen LogP contribution in [0.3, 0.4) is 0 Å². The lowest BCUT2D eigenvalue weighted by Gasteiger charge is -2.12. The van der Waals surface area contributed by atoms with Gasteiger partial charge >= 0.3 is 5.97 Å². The Bertz CT molecular complexity index is 238. The van der Waals surface area contributed by atoms with Crippen molar-refractivity contribution in [2.45, 2.75) is 20.3 Å². The molecule has 0 aromatic heterocycles. The van der Waals surface area contributed by atoms with Crippen LogP contribution in [-0.4, -0.2) is 12.6 Å². The lowest BCUT2D eigenvalue weighted by Crippen LogP contribution is -2.11. The Labute approximate surface area is 71.7 Å². The second-order valence-corrected chi connectivity index (χ2v) is 2.45. The summed E-state index contributed by atoms with van der Waals surface area (Å²) >= 11 is 0. The number of allylic oxidation sites excluding steroid dienone is 2. The van der Waals surface area contributed by atoms with Crippen LogP contribution in [0.25, 0.3) is 0 Å². The summed E-state index contributed by atoms with van der Waals surface area (Å²) in [5.41, 5.74) is 0.611.